The third kappa shape index (κ3) is 3.39. The van der Waals surface area contributed by atoms with E-state index in [4.69, 9.17) is 0 Å². The highest BCUT2D eigenvalue weighted by atomic mass is 16.1. The third-order valence-electron chi connectivity index (χ3n) is 4.20. The Morgan fingerprint density at radius 1 is 1.19 bits per heavy atom. The van der Waals surface area contributed by atoms with Gasteiger partial charge in [-0.2, -0.15) is 5.10 Å². The van der Waals surface area contributed by atoms with Crippen LogP contribution in [0.2, 0.25) is 0 Å². The summed E-state index contributed by atoms with van der Waals surface area (Å²) in [7, 11) is 1.82. The third-order valence-corrected chi connectivity index (χ3v) is 4.20. The normalized spacial score (nSPS) is 11.0. The first-order valence-corrected chi connectivity index (χ1v) is 8.51. The zero-order valence-corrected chi connectivity index (χ0v) is 15.0. The number of para-hydroxylation sites is 1. The quantitative estimate of drug-likeness (QED) is 0.552. The van der Waals surface area contributed by atoms with E-state index < -0.39 is 0 Å². The number of aryl methyl sites for hydroxylation is 2. The predicted octanol–water partition coefficient (Wildman–Crippen LogP) is 1.47. The van der Waals surface area contributed by atoms with Gasteiger partial charge in [0.05, 0.1) is 10.9 Å². The molecule has 2 N–H and O–H groups in total. The van der Waals surface area contributed by atoms with Gasteiger partial charge in [-0.05, 0) is 24.6 Å². The van der Waals surface area contributed by atoms with Gasteiger partial charge in [0.2, 0.25) is 5.95 Å². The van der Waals surface area contributed by atoms with Crippen LogP contribution in [0.15, 0.2) is 41.6 Å². The lowest BCUT2D eigenvalue weighted by molar-refractivity contribution is 0.770. The second-order valence-electron chi connectivity index (χ2n) is 6.14. The van der Waals surface area contributed by atoms with E-state index in [1.54, 1.807) is 16.9 Å². The molecule has 9 nitrogen and oxygen atoms in total. The minimum atomic E-state index is -0.133. The van der Waals surface area contributed by atoms with Gasteiger partial charge in [-0.15, -0.1) is 0 Å². The molecule has 4 rings (SSSR count). The lowest BCUT2D eigenvalue weighted by atomic mass is 10.2. The summed E-state index contributed by atoms with van der Waals surface area (Å²) in [4.78, 5) is 32.5. The van der Waals surface area contributed by atoms with Crippen molar-refractivity contribution >= 4 is 16.9 Å². The molecule has 0 fully saturated rings. The number of nitrogens with one attached hydrogen (secondary N) is 2. The number of nitrogens with zero attached hydrogens (tertiary/aromatic N) is 6. The smallest absolute Gasteiger partial charge is 0.258 e. The summed E-state index contributed by atoms with van der Waals surface area (Å²) in [5.74, 6) is 1.78. The fourth-order valence-corrected chi connectivity index (χ4v) is 2.81. The van der Waals surface area contributed by atoms with Gasteiger partial charge in [0.1, 0.15) is 17.8 Å². The molecule has 3 aromatic heterocycles. The van der Waals surface area contributed by atoms with E-state index in [1.165, 1.54) is 6.33 Å². The van der Waals surface area contributed by atoms with Crippen LogP contribution in [-0.4, -0.2) is 41.2 Å². The number of benzene rings is 1. The van der Waals surface area contributed by atoms with Crippen molar-refractivity contribution in [3.05, 3.63) is 58.5 Å². The molecule has 0 saturated heterocycles. The second-order valence-corrected chi connectivity index (χ2v) is 6.14. The molecule has 0 atom stereocenters. The van der Waals surface area contributed by atoms with Gasteiger partial charge >= 0.3 is 0 Å². The van der Waals surface area contributed by atoms with Crippen LogP contribution in [0.5, 0.6) is 0 Å². The van der Waals surface area contributed by atoms with Gasteiger partial charge in [0.25, 0.3) is 5.56 Å². The highest BCUT2D eigenvalue weighted by molar-refractivity contribution is 5.77. The molecule has 1 aromatic carbocycles. The predicted molar refractivity (Wildman–Crippen MR) is 101 cm³/mol. The first-order valence-electron chi connectivity index (χ1n) is 8.51. The minimum Gasteiger partial charge on any atom is -0.354 e. The fraction of sp³-hybridized carbons (Fsp3) is 0.222. The van der Waals surface area contributed by atoms with Crippen LogP contribution in [0.25, 0.3) is 22.4 Å². The Labute approximate surface area is 154 Å². The van der Waals surface area contributed by atoms with Crippen molar-refractivity contribution in [1.82, 2.24) is 34.7 Å². The molecule has 0 unspecified atom stereocenters. The van der Waals surface area contributed by atoms with Crippen molar-refractivity contribution in [2.24, 2.45) is 7.05 Å². The van der Waals surface area contributed by atoms with E-state index in [0.717, 1.165) is 11.3 Å². The highest BCUT2D eigenvalue weighted by Crippen LogP contribution is 2.18. The maximum atomic E-state index is 12.1. The summed E-state index contributed by atoms with van der Waals surface area (Å²) in [6.07, 6.45) is 3.78. The molecule has 3 heterocycles. The number of fused-ring (bicyclic) bond motifs is 1. The maximum Gasteiger partial charge on any atom is 0.258 e. The molecular weight excluding hydrogens is 344 g/mol. The Balaban J connectivity index is 1.50. The Morgan fingerprint density at radius 3 is 2.85 bits per heavy atom. The standard InChI is InChI=1S/C18H18N8O/c1-11-9-20-18(25-15(11)16-21-10-22-26(16)2)19-8-7-14-23-13-6-4-3-5-12(13)17(27)24-14/h3-6,9-10H,7-8H2,1-2H3,(H,19,20,25)(H,23,24,27). The summed E-state index contributed by atoms with van der Waals surface area (Å²) in [6, 6.07) is 7.28. The largest absolute Gasteiger partial charge is 0.354 e. The van der Waals surface area contributed by atoms with Crippen LogP contribution < -0.4 is 10.9 Å². The molecule has 0 saturated carbocycles. The van der Waals surface area contributed by atoms with Crippen LogP contribution in [0.1, 0.15) is 11.4 Å². The molecular formula is C18H18N8O. The first kappa shape index (κ1) is 16.8. The van der Waals surface area contributed by atoms with E-state index in [1.807, 2.05) is 32.2 Å². The topological polar surface area (TPSA) is 114 Å². The summed E-state index contributed by atoms with van der Waals surface area (Å²) in [5, 5.41) is 7.84. The van der Waals surface area contributed by atoms with Crippen LogP contribution in [0.4, 0.5) is 5.95 Å². The number of anilines is 1. The lowest BCUT2D eigenvalue weighted by Gasteiger charge is -2.08. The van der Waals surface area contributed by atoms with Crippen LogP contribution in [-0.2, 0) is 13.5 Å². The SMILES string of the molecule is Cc1cnc(NCCc2nc3ccccc3c(=O)[nH]2)nc1-c1ncnn1C. The molecule has 0 amide bonds. The van der Waals surface area contributed by atoms with Crippen molar-refractivity contribution in [3.63, 3.8) is 0 Å². The van der Waals surface area contributed by atoms with Gasteiger partial charge < -0.3 is 10.3 Å². The van der Waals surface area contributed by atoms with Crippen molar-refractivity contribution in [3.8, 4) is 11.5 Å². The number of aromatic amines is 1. The summed E-state index contributed by atoms with van der Waals surface area (Å²) in [5.41, 5.74) is 2.20. The monoisotopic (exact) mass is 362 g/mol. The van der Waals surface area contributed by atoms with E-state index in [0.29, 0.717) is 41.5 Å². The van der Waals surface area contributed by atoms with E-state index in [2.05, 4.69) is 35.3 Å². The maximum absolute atomic E-state index is 12.1. The minimum absolute atomic E-state index is 0.133. The van der Waals surface area contributed by atoms with Gasteiger partial charge in [-0.25, -0.2) is 24.6 Å². The molecule has 0 spiro atoms. The Hall–Kier alpha value is -3.62. The van der Waals surface area contributed by atoms with Gasteiger partial charge in [-0.1, -0.05) is 12.1 Å². The van der Waals surface area contributed by atoms with Crippen molar-refractivity contribution in [2.45, 2.75) is 13.3 Å². The molecule has 27 heavy (non-hydrogen) atoms. The molecule has 4 aromatic rings. The average molecular weight is 362 g/mol. The van der Waals surface area contributed by atoms with Crippen LogP contribution in [0.3, 0.4) is 0 Å². The highest BCUT2D eigenvalue weighted by Gasteiger charge is 2.11. The number of hydrogen-bond acceptors (Lipinski definition) is 7. The molecule has 0 aliphatic heterocycles. The number of rotatable bonds is 5. The van der Waals surface area contributed by atoms with Crippen molar-refractivity contribution in [2.75, 3.05) is 11.9 Å². The summed E-state index contributed by atoms with van der Waals surface area (Å²) in [6.45, 7) is 2.46. The Kier molecular flexibility index (Phi) is 4.33. The average Bonchev–Trinajstić information content (AvgIpc) is 3.09. The zero-order chi connectivity index (χ0) is 18.8. The summed E-state index contributed by atoms with van der Waals surface area (Å²) < 4.78 is 1.67. The van der Waals surface area contributed by atoms with Gasteiger partial charge in [0.15, 0.2) is 5.82 Å². The Bertz CT molecular complexity index is 1160. The lowest BCUT2D eigenvalue weighted by Crippen LogP contribution is -2.16. The molecule has 136 valence electrons. The van der Waals surface area contributed by atoms with E-state index in [9.17, 15) is 4.79 Å². The molecule has 0 bridgehead atoms. The van der Waals surface area contributed by atoms with E-state index in [-0.39, 0.29) is 5.56 Å². The molecule has 0 radical (unpaired) electrons. The number of H-pyrrole nitrogens is 1. The van der Waals surface area contributed by atoms with Gasteiger partial charge in [-0.3, -0.25) is 4.79 Å². The first-order chi connectivity index (χ1) is 13.1. The fourth-order valence-electron chi connectivity index (χ4n) is 2.81. The second kappa shape index (κ2) is 6.94. The number of hydrogen-bond donors (Lipinski definition) is 2. The molecule has 0 aliphatic rings. The van der Waals surface area contributed by atoms with Crippen molar-refractivity contribution in [1.29, 1.82) is 0 Å². The molecule has 0 aliphatic carbocycles. The molecule has 9 heteroatoms. The Morgan fingerprint density at radius 2 is 2.04 bits per heavy atom. The number of aromatic nitrogens is 7. The van der Waals surface area contributed by atoms with Crippen LogP contribution >= 0.6 is 0 Å². The van der Waals surface area contributed by atoms with Crippen LogP contribution in [0, 0.1) is 6.92 Å². The van der Waals surface area contributed by atoms with Gasteiger partial charge in [0, 0.05) is 26.2 Å². The van der Waals surface area contributed by atoms with E-state index >= 15 is 0 Å². The summed E-state index contributed by atoms with van der Waals surface area (Å²) >= 11 is 0. The van der Waals surface area contributed by atoms with Crippen molar-refractivity contribution < 1.29 is 0 Å². The zero-order valence-electron chi connectivity index (χ0n) is 15.0.